The highest BCUT2D eigenvalue weighted by Crippen LogP contribution is 2.40. The number of nitrogens with zero attached hydrogens (tertiary/aromatic N) is 2. The number of carbonyl (C=O) groups is 1. The second-order valence-corrected chi connectivity index (χ2v) is 6.67. The molecule has 3 aromatic rings. The Hall–Kier alpha value is -2.84. The average Bonchev–Trinajstić information content (AvgIpc) is 2.68. The van der Waals surface area contributed by atoms with Crippen LogP contribution in [0.2, 0.25) is 10.0 Å². The second-order valence-electron chi connectivity index (χ2n) is 5.86. The summed E-state index contributed by atoms with van der Waals surface area (Å²) in [7, 11) is 0. The fraction of sp³-hybridized carbons (Fsp3) is 0.105. The summed E-state index contributed by atoms with van der Waals surface area (Å²) in [6.45, 7) is -0.434. The van der Waals surface area contributed by atoms with Crippen molar-refractivity contribution in [1.82, 2.24) is 15.3 Å². The molecule has 0 aliphatic rings. The van der Waals surface area contributed by atoms with Crippen molar-refractivity contribution in [2.45, 2.75) is 12.7 Å². The molecule has 3 rings (SSSR count). The van der Waals surface area contributed by atoms with Crippen LogP contribution in [0.15, 0.2) is 55.0 Å². The highest BCUT2D eigenvalue weighted by Gasteiger charge is 2.37. The number of benzene rings is 1. The average molecular weight is 441 g/mol. The van der Waals surface area contributed by atoms with Gasteiger partial charge in [0.05, 0.1) is 39.7 Å². The van der Waals surface area contributed by atoms with Crippen LogP contribution < -0.4 is 10.6 Å². The molecule has 0 fully saturated rings. The fourth-order valence-corrected chi connectivity index (χ4v) is 2.93. The Morgan fingerprint density at radius 3 is 2.52 bits per heavy atom. The molecule has 0 saturated heterocycles. The van der Waals surface area contributed by atoms with Crippen molar-refractivity contribution in [3.05, 3.63) is 76.3 Å². The third-order valence-corrected chi connectivity index (χ3v) is 4.62. The van der Waals surface area contributed by atoms with Gasteiger partial charge in [0.1, 0.15) is 0 Å². The summed E-state index contributed by atoms with van der Waals surface area (Å²) in [4.78, 5) is 19.6. The zero-order valence-electron chi connectivity index (χ0n) is 14.6. The van der Waals surface area contributed by atoms with Crippen molar-refractivity contribution in [2.75, 3.05) is 5.32 Å². The number of hydrogen-bond donors (Lipinski definition) is 2. The van der Waals surface area contributed by atoms with Gasteiger partial charge in [-0.05, 0) is 41.5 Å². The highest BCUT2D eigenvalue weighted by molar-refractivity contribution is 6.42. The molecule has 150 valence electrons. The van der Waals surface area contributed by atoms with E-state index < -0.39 is 24.3 Å². The SMILES string of the molecule is O=C(NCc1nccc(-c2ccc(Cl)c(Cl)c2)c1C(F)(F)F)Nc1cccnc1. The predicted octanol–water partition coefficient (Wildman–Crippen LogP) is 5.79. The lowest BCUT2D eigenvalue weighted by Crippen LogP contribution is -2.29. The Balaban J connectivity index is 1.88. The maximum Gasteiger partial charge on any atom is 0.418 e. The van der Waals surface area contributed by atoms with Gasteiger partial charge in [-0.1, -0.05) is 29.3 Å². The molecule has 2 aromatic heterocycles. The smallest absolute Gasteiger partial charge is 0.332 e. The maximum absolute atomic E-state index is 13.8. The van der Waals surface area contributed by atoms with Crippen LogP contribution in [0.3, 0.4) is 0 Å². The summed E-state index contributed by atoms with van der Waals surface area (Å²) < 4.78 is 41.4. The molecule has 2 heterocycles. The minimum absolute atomic E-state index is 0.115. The number of rotatable bonds is 4. The lowest BCUT2D eigenvalue weighted by atomic mass is 9.98. The normalized spacial score (nSPS) is 11.2. The molecule has 0 radical (unpaired) electrons. The summed E-state index contributed by atoms with van der Waals surface area (Å²) in [6.07, 6.45) is -0.531. The summed E-state index contributed by atoms with van der Waals surface area (Å²) >= 11 is 11.8. The van der Waals surface area contributed by atoms with E-state index in [-0.39, 0.29) is 26.9 Å². The molecule has 29 heavy (non-hydrogen) atoms. The fourth-order valence-electron chi connectivity index (χ4n) is 2.64. The lowest BCUT2D eigenvalue weighted by molar-refractivity contribution is -0.138. The van der Waals surface area contributed by atoms with Gasteiger partial charge in [-0.15, -0.1) is 0 Å². The third kappa shape index (κ3) is 5.16. The largest absolute Gasteiger partial charge is 0.418 e. The number of anilines is 1. The summed E-state index contributed by atoms with van der Waals surface area (Å²) in [5, 5.41) is 5.21. The maximum atomic E-state index is 13.8. The molecule has 0 atom stereocenters. The van der Waals surface area contributed by atoms with Crippen molar-refractivity contribution in [3.8, 4) is 11.1 Å². The highest BCUT2D eigenvalue weighted by atomic mass is 35.5. The van der Waals surface area contributed by atoms with Gasteiger partial charge in [0.15, 0.2) is 0 Å². The van der Waals surface area contributed by atoms with Crippen LogP contribution in [0, 0.1) is 0 Å². The first-order valence-electron chi connectivity index (χ1n) is 8.21. The minimum Gasteiger partial charge on any atom is -0.332 e. The summed E-state index contributed by atoms with van der Waals surface area (Å²) in [5.74, 6) is 0. The van der Waals surface area contributed by atoms with Crippen molar-refractivity contribution in [3.63, 3.8) is 0 Å². The number of aromatic nitrogens is 2. The van der Waals surface area contributed by atoms with Crippen LogP contribution in [0.25, 0.3) is 11.1 Å². The zero-order chi connectivity index (χ0) is 21.0. The molecule has 0 spiro atoms. The Morgan fingerprint density at radius 2 is 1.86 bits per heavy atom. The number of carbonyl (C=O) groups excluding carboxylic acids is 1. The summed E-state index contributed by atoms with van der Waals surface area (Å²) in [5.41, 5.74) is -0.772. The van der Waals surface area contributed by atoms with Gasteiger partial charge >= 0.3 is 12.2 Å². The van der Waals surface area contributed by atoms with Crippen LogP contribution >= 0.6 is 23.2 Å². The van der Waals surface area contributed by atoms with E-state index in [9.17, 15) is 18.0 Å². The van der Waals surface area contributed by atoms with E-state index in [0.717, 1.165) is 0 Å². The molecular formula is C19H13Cl2F3N4O. The van der Waals surface area contributed by atoms with E-state index in [0.29, 0.717) is 5.69 Å². The number of alkyl halides is 3. The van der Waals surface area contributed by atoms with E-state index >= 15 is 0 Å². The molecule has 10 heteroatoms. The molecule has 2 N–H and O–H groups in total. The molecule has 1 aromatic carbocycles. The van der Waals surface area contributed by atoms with Gasteiger partial charge in [-0.2, -0.15) is 13.2 Å². The first kappa shape index (κ1) is 20.9. The Kier molecular flexibility index (Phi) is 6.24. The Morgan fingerprint density at radius 1 is 1.07 bits per heavy atom. The van der Waals surface area contributed by atoms with Crippen LogP contribution in [0.1, 0.15) is 11.3 Å². The number of nitrogens with one attached hydrogen (secondary N) is 2. The van der Waals surface area contributed by atoms with Gasteiger partial charge in [0.2, 0.25) is 0 Å². The van der Waals surface area contributed by atoms with Gasteiger partial charge in [-0.3, -0.25) is 9.97 Å². The number of pyridine rings is 2. The standard InChI is InChI=1S/C19H13Cl2F3N4O/c20-14-4-3-11(8-15(14)21)13-5-7-26-16(17(13)19(22,23)24)10-27-18(29)28-12-2-1-6-25-9-12/h1-9H,10H2,(H2,27,28,29). The number of halogens is 5. The van der Waals surface area contributed by atoms with Crippen molar-refractivity contribution >= 4 is 34.9 Å². The van der Waals surface area contributed by atoms with Gasteiger partial charge in [-0.25, -0.2) is 4.79 Å². The van der Waals surface area contributed by atoms with E-state index in [1.807, 2.05) is 0 Å². The first-order chi connectivity index (χ1) is 13.8. The number of hydrogen-bond acceptors (Lipinski definition) is 3. The van der Waals surface area contributed by atoms with Gasteiger partial charge in [0, 0.05) is 12.4 Å². The number of urea groups is 1. The molecule has 0 saturated carbocycles. The lowest BCUT2D eigenvalue weighted by Gasteiger charge is -2.17. The second kappa shape index (κ2) is 8.67. The van der Waals surface area contributed by atoms with Crippen LogP contribution in [0.5, 0.6) is 0 Å². The molecular weight excluding hydrogens is 428 g/mol. The van der Waals surface area contributed by atoms with Crippen molar-refractivity contribution < 1.29 is 18.0 Å². The van der Waals surface area contributed by atoms with E-state index in [1.54, 1.807) is 12.1 Å². The van der Waals surface area contributed by atoms with Crippen LogP contribution in [-0.4, -0.2) is 16.0 Å². The van der Waals surface area contributed by atoms with Crippen molar-refractivity contribution in [1.29, 1.82) is 0 Å². The Bertz CT molecular complexity index is 1030. The topological polar surface area (TPSA) is 66.9 Å². The van der Waals surface area contributed by atoms with E-state index in [2.05, 4.69) is 20.6 Å². The third-order valence-electron chi connectivity index (χ3n) is 3.88. The quantitative estimate of drug-likeness (QED) is 0.539. The molecule has 5 nitrogen and oxygen atoms in total. The van der Waals surface area contributed by atoms with Crippen molar-refractivity contribution in [2.24, 2.45) is 0 Å². The van der Waals surface area contributed by atoms with E-state index in [1.165, 1.54) is 42.9 Å². The summed E-state index contributed by atoms with van der Waals surface area (Å²) in [6, 6.07) is 7.95. The first-order valence-corrected chi connectivity index (χ1v) is 8.96. The van der Waals surface area contributed by atoms with Crippen LogP contribution in [0.4, 0.5) is 23.7 Å². The predicted molar refractivity (Wildman–Crippen MR) is 105 cm³/mol. The van der Waals surface area contributed by atoms with Crippen LogP contribution in [-0.2, 0) is 12.7 Å². The molecule has 2 amide bonds. The Labute approximate surface area is 173 Å². The molecule has 0 aliphatic carbocycles. The van der Waals surface area contributed by atoms with Gasteiger partial charge in [0.25, 0.3) is 0 Å². The number of amides is 2. The zero-order valence-corrected chi connectivity index (χ0v) is 16.1. The minimum atomic E-state index is -4.70. The van der Waals surface area contributed by atoms with Gasteiger partial charge < -0.3 is 10.6 Å². The molecule has 0 unspecified atom stereocenters. The molecule has 0 aliphatic heterocycles. The molecule has 0 bridgehead atoms. The monoisotopic (exact) mass is 440 g/mol. The van der Waals surface area contributed by atoms with E-state index in [4.69, 9.17) is 23.2 Å².